The Morgan fingerprint density at radius 1 is 1.19 bits per heavy atom. The molecule has 4 rings (SSSR count). The first-order valence-corrected chi connectivity index (χ1v) is 14.0. The van der Waals surface area contributed by atoms with E-state index in [-0.39, 0.29) is 29.8 Å². The molecule has 1 saturated heterocycles. The van der Waals surface area contributed by atoms with E-state index >= 15 is 0 Å². The third kappa shape index (κ3) is 5.46. The van der Waals surface area contributed by atoms with Gasteiger partial charge < -0.3 is 14.8 Å². The first-order valence-electron chi connectivity index (χ1n) is 14.0. The van der Waals surface area contributed by atoms with Gasteiger partial charge in [0, 0.05) is 18.0 Å². The Balaban J connectivity index is 1.55. The fraction of sp³-hybridized carbons (Fsp3) is 0.613. The zero-order valence-corrected chi connectivity index (χ0v) is 22.2. The Labute approximate surface area is 216 Å². The molecule has 0 amide bonds. The third-order valence-electron chi connectivity index (χ3n) is 9.14. The fourth-order valence-electron chi connectivity index (χ4n) is 6.88. The standard InChI is InChI=1S/C31H43NO4/c1-5-21-13-16-25-24(21)15-14-23(28(25)29(33)26-11-8-18-32-26)10-7-9-22(6-2)30-19(3)12-17-27(36-30)20(4)31(34)35/h7-11,14-15,18-21,23-25,27-28,30,32H,5-6,12-13,16-17H2,1-4H3,(H,34,35)/b10-7+,22-9+/t19-,20+,21-,23-,24+,25+,27+,28+,30+/m1/s1. The predicted molar refractivity (Wildman–Crippen MR) is 143 cm³/mol. The topological polar surface area (TPSA) is 79.4 Å². The van der Waals surface area contributed by atoms with Crippen LogP contribution in [0, 0.1) is 41.4 Å². The summed E-state index contributed by atoms with van der Waals surface area (Å²) in [6, 6.07) is 3.80. The van der Waals surface area contributed by atoms with Gasteiger partial charge in [-0.2, -0.15) is 0 Å². The van der Waals surface area contributed by atoms with Crippen molar-refractivity contribution in [1.82, 2.24) is 4.98 Å². The van der Waals surface area contributed by atoms with Crippen molar-refractivity contribution < 1.29 is 19.4 Å². The fourth-order valence-corrected chi connectivity index (χ4v) is 6.88. The molecule has 0 radical (unpaired) electrons. The molecule has 0 bridgehead atoms. The highest BCUT2D eigenvalue weighted by molar-refractivity contribution is 5.97. The maximum absolute atomic E-state index is 13.6. The number of rotatable bonds is 9. The van der Waals surface area contributed by atoms with Crippen molar-refractivity contribution in [3.05, 3.63) is 60.0 Å². The minimum atomic E-state index is -0.799. The summed E-state index contributed by atoms with van der Waals surface area (Å²) < 4.78 is 6.35. The van der Waals surface area contributed by atoms with Crippen LogP contribution in [-0.2, 0) is 9.53 Å². The number of Topliss-reactive ketones (excluding diaryl/α,β-unsaturated/α-hetero) is 1. The van der Waals surface area contributed by atoms with E-state index in [4.69, 9.17) is 4.74 Å². The van der Waals surface area contributed by atoms with E-state index in [1.807, 2.05) is 18.3 Å². The Hall–Kier alpha value is -2.40. The number of ketones is 1. The lowest BCUT2D eigenvalue weighted by Crippen LogP contribution is -2.40. The van der Waals surface area contributed by atoms with Gasteiger partial charge in [0.15, 0.2) is 5.78 Å². The lowest BCUT2D eigenvalue weighted by molar-refractivity contribution is -0.152. The molecule has 0 spiro atoms. The van der Waals surface area contributed by atoms with Crippen LogP contribution in [0.1, 0.15) is 76.7 Å². The Bertz CT molecular complexity index is 990. The molecule has 196 valence electrons. The number of carbonyl (C=O) groups is 2. The summed E-state index contributed by atoms with van der Waals surface area (Å²) >= 11 is 0. The molecule has 9 atom stereocenters. The van der Waals surface area contributed by atoms with Crippen molar-refractivity contribution in [2.24, 2.45) is 41.4 Å². The van der Waals surface area contributed by atoms with Crippen molar-refractivity contribution >= 4 is 11.8 Å². The molecule has 0 unspecified atom stereocenters. The number of allylic oxidation sites excluding steroid dienone is 5. The number of aromatic nitrogens is 1. The summed E-state index contributed by atoms with van der Waals surface area (Å²) in [7, 11) is 0. The van der Waals surface area contributed by atoms with Gasteiger partial charge in [-0.15, -0.1) is 0 Å². The molecule has 0 aromatic carbocycles. The van der Waals surface area contributed by atoms with Crippen molar-refractivity contribution in [2.45, 2.75) is 78.4 Å². The maximum atomic E-state index is 13.6. The zero-order valence-electron chi connectivity index (χ0n) is 22.2. The Morgan fingerprint density at radius 3 is 2.67 bits per heavy atom. The van der Waals surface area contributed by atoms with Crippen LogP contribution < -0.4 is 0 Å². The van der Waals surface area contributed by atoms with Gasteiger partial charge in [0.05, 0.1) is 23.8 Å². The van der Waals surface area contributed by atoms with E-state index in [0.29, 0.717) is 29.4 Å². The molecule has 2 fully saturated rings. The van der Waals surface area contributed by atoms with Gasteiger partial charge in [-0.25, -0.2) is 0 Å². The average molecular weight is 494 g/mol. The molecule has 1 aromatic heterocycles. The number of H-pyrrole nitrogens is 1. The van der Waals surface area contributed by atoms with E-state index in [1.54, 1.807) is 6.92 Å². The summed E-state index contributed by atoms with van der Waals surface area (Å²) in [4.78, 5) is 28.3. The monoisotopic (exact) mass is 493 g/mol. The molecule has 2 heterocycles. The number of carboxylic acids is 1. The van der Waals surface area contributed by atoms with Crippen LogP contribution in [0.4, 0.5) is 0 Å². The second kappa shape index (κ2) is 11.8. The SMILES string of the molecule is CC/C(=C\C=C\[C@@H]1C=C[C@H]2[C@H](CC)CC[C@@H]2[C@H]1C(=O)c1ccc[nH]1)[C@H]1O[C@H]([C@H](C)C(=O)O)CC[C@H]1C. The lowest BCUT2D eigenvalue weighted by Gasteiger charge is -2.38. The van der Waals surface area contributed by atoms with E-state index < -0.39 is 11.9 Å². The molecule has 1 aliphatic heterocycles. The molecule has 3 aliphatic rings. The summed E-state index contributed by atoms with van der Waals surface area (Å²) in [6.45, 7) is 8.33. The maximum Gasteiger partial charge on any atom is 0.308 e. The second-order valence-corrected chi connectivity index (χ2v) is 11.2. The molecule has 2 N–H and O–H groups in total. The molecule has 5 nitrogen and oxygen atoms in total. The Kier molecular flexibility index (Phi) is 8.71. The van der Waals surface area contributed by atoms with E-state index in [9.17, 15) is 14.7 Å². The molecule has 1 aromatic rings. The number of aliphatic carboxylic acids is 1. The van der Waals surface area contributed by atoms with Crippen molar-refractivity contribution in [2.75, 3.05) is 0 Å². The number of fused-ring (bicyclic) bond motifs is 1. The average Bonchev–Trinajstić information content (AvgIpc) is 3.56. The first kappa shape index (κ1) is 26.7. The van der Waals surface area contributed by atoms with Gasteiger partial charge in [0.2, 0.25) is 0 Å². The zero-order chi connectivity index (χ0) is 25.8. The number of carbonyl (C=O) groups excluding carboxylic acids is 1. The summed E-state index contributed by atoms with van der Waals surface area (Å²) in [5.74, 6) is 0.846. The van der Waals surface area contributed by atoms with E-state index in [1.165, 1.54) is 18.4 Å². The second-order valence-electron chi connectivity index (χ2n) is 11.2. The van der Waals surface area contributed by atoms with Crippen LogP contribution in [0.5, 0.6) is 0 Å². The van der Waals surface area contributed by atoms with Gasteiger partial charge in [-0.1, -0.05) is 57.6 Å². The van der Waals surface area contributed by atoms with Crippen molar-refractivity contribution in [3.8, 4) is 0 Å². The summed E-state index contributed by atoms with van der Waals surface area (Å²) in [5.41, 5.74) is 1.90. The van der Waals surface area contributed by atoms with Crippen LogP contribution in [0.25, 0.3) is 0 Å². The normalized spacial score (nSPS) is 35.6. The highest BCUT2D eigenvalue weighted by Gasteiger charge is 2.45. The van der Waals surface area contributed by atoms with Gasteiger partial charge in [0.1, 0.15) is 0 Å². The largest absolute Gasteiger partial charge is 0.481 e. The predicted octanol–water partition coefficient (Wildman–Crippen LogP) is 6.85. The Morgan fingerprint density at radius 2 is 2.00 bits per heavy atom. The summed E-state index contributed by atoms with van der Waals surface area (Å²) in [6.07, 6.45) is 18.7. The van der Waals surface area contributed by atoms with Crippen LogP contribution in [-0.4, -0.2) is 34.1 Å². The lowest BCUT2D eigenvalue weighted by atomic mass is 9.68. The van der Waals surface area contributed by atoms with Gasteiger partial charge in [-0.05, 0) is 80.4 Å². The number of hydrogen-bond donors (Lipinski definition) is 2. The molecule has 2 aliphatic carbocycles. The van der Waals surface area contributed by atoms with E-state index in [2.05, 4.69) is 56.1 Å². The van der Waals surface area contributed by atoms with Crippen LogP contribution in [0.3, 0.4) is 0 Å². The quantitative estimate of drug-likeness (QED) is 0.224. The van der Waals surface area contributed by atoms with Crippen molar-refractivity contribution in [3.63, 3.8) is 0 Å². The first-order chi connectivity index (χ1) is 17.3. The minimum Gasteiger partial charge on any atom is -0.481 e. The molecular weight excluding hydrogens is 450 g/mol. The molecule has 5 heteroatoms. The highest BCUT2D eigenvalue weighted by Crippen LogP contribution is 2.49. The number of aromatic amines is 1. The van der Waals surface area contributed by atoms with Crippen LogP contribution in [0.2, 0.25) is 0 Å². The number of hydrogen-bond acceptors (Lipinski definition) is 3. The van der Waals surface area contributed by atoms with Gasteiger partial charge >= 0.3 is 5.97 Å². The van der Waals surface area contributed by atoms with Gasteiger partial charge in [0.25, 0.3) is 0 Å². The van der Waals surface area contributed by atoms with Gasteiger partial charge in [-0.3, -0.25) is 9.59 Å². The number of nitrogens with one attached hydrogen (secondary N) is 1. The van der Waals surface area contributed by atoms with Crippen LogP contribution in [0.15, 0.2) is 54.3 Å². The van der Waals surface area contributed by atoms with Crippen LogP contribution >= 0.6 is 0 Å². The summed E-state index contributed by atoms with van der Waals surface area (Å²) in [5, 5.41) is 9.46. The molecule has 1 saturated carbocycles. The highest BCUT2D eigenvalue weighted by atomic mass is 16.5. The number of ether oxygens (including phenoxy) is 1. The van der Waals surface area contributed by atoms with Crippen molar-refractivity contribution in [1.29, 1.82) is 0 Å². The molecule has 36 heavy (non-hydrogen) atoms. The minimum absolute atomic E-state index is 0.0458. The van der Waals surface area contributed by atoms with E-state index in [0.717, 1.165) is 25.7 Å². The number of carboxylic acid groups (broad SMARTS) is 1. The molecular formula is C31H43NO4. The smallest absolute Gasteiger partial charge is 0.308 e. The third-order valence-corrected chi connectivity index (χ3v) is 9.14.